The number of fused-ring (bicyclic) bond motifs is 1. The first-order valence-corrected chi connectivity index (χ1v) is 10.3. The standard InChI is InChI=1S/C26H21NO6/c1-32-19-13-11-18(12-14-19)23(28)16-33-26(31)22(15-17-7-3-2-4-8-17)27-24(29)20-9-5-6-10-21(20)25(27)30/h2-14,22H,15-16H2,1H3. The molecule has 7 heteroatoms. The van der Waals surface area contributed by atoms with Crippen LogP contribution in [0.4, 0.5) is 0 Å². The third kappa shape index (κ3) is 4.52. The smallest absolute Gasteiger partial charge is 0.330 e. The van der Waals surface area contributed by atoms with E-state index in [9.17, 15) is 19.2 Å². The average molecular weight is 443 g/mol. The number of Topliss-reactive ketones (excluding diaryl/α,β-unsaturated/α-hetero) is 1. The molecule has 1 unspecified atom stereocenters. The van der Waals surface area contributed by atoms with Crippen molar-refractivity contribution in [2.24, 2.45) is 0 Å². The number of benzene rings is 3. The molecule has 0 aromatic heterocycles. The fourth-order valence-corrected chi connectivity index (χ4v) is 3.70. The molecule has 0 spiro atoms. The number of carbonyl (C=O) groups is 4. The average Bonchev–Trinajstić information content (AvgIpc) is 3.11. The van der Waals surface area contributed by atoms with E-state index in [2.05, 4.69) is 0 Å². The van der Waals surface area contributed by atoms with Crippen molar-refractivity contribution < 1.29 is 28.7 Å². The number of amides is 2. The molecule has 3 aromatic rings. The molecule has 0 saturated carbocycles. The maximum atomic E-state index is 13.1. The number of carbonyl (C=O) groups excluding carboxylic acids is 4. The minimum atomic E-state index is -1.21. The van der Waals surface area contributed by atoms with Gasteiger partial charge >= 0.3 is 5.97 Å². The predicted octanol–water partition coefficient (Wildman–Crippen LogP) is 3.33. The van der Waals surface area contributed by atoms with Crippen LogP contribution in [-0.2, 0) is 16.0 Å². The van der Waals surface area contributed by atoms with Gasteiger partial charge in [0.25, 0.3) is 11.8 Å². The molecule has 1 atom stereocenters. The lowest BCUT2D eigenvalue weighted by atomic mass is 10.0. The van der Waals surface area contributed by atoms with Crippen LogP contribution in [-0.4, -0.2) is 48.2 Å². The van der Waals surface area contributed by atoms with Gasteiger partial charge in [0.2, 0.25) is 0 Å². The third-order valence-electron chi connectivity index (χ3n) is 5.44. The third-order valence-corrected chi connectivity index (χ3v) is 5.44. The first kappa shape index (κ1) is 22.0. The fraction of sp³-hybridized carbons (Fsp3) is 0.154. The quantitative estimate of drug-likeness (QED) is 0.301. The number of esters is 1. The van der Waals surface area contributed by atoms with Gasteiger partial charge in [-0.15, -0.1) is 0 Å². The number of ketones is 1. The molecule has 0 aliphatic carbocycles. The van der Waals surface area contributed by atoms with Crippen molar-refractivity contribution >= 4 is 23.6 Å². The molecular formula is C26H21NO6. The zero-order valence-electron chi connectivity index (χ0n) is 17.9. The van der Waals surface area contributed by atoms with Gasteiger partial charge in [-0.3, -0.25) is 19.3 Å². The van der Waals surface area contributed by atoms with Crippen molar-refractivity contribution in [3.05, 3.63) is 101 Å². The van der Waals surface area contributed by atoms with Crippen LogP contribution in [0.25, 0.3) is 0 Å². The Morgan fingerprint density at radius 1 is 0.818 bits per heavy atom. The molecule has 0 saturated heterocycles. The van der Waals surface area contributed by atoms with E-state index in [1.165, 1.54) is 7.11 Å². The Bertz CT molecular complexity index is 1170. The van der Waals surface area contributed by atoms with Gasteiger partial charge in [0.05, 0.1) is 18.2 Å². The highest BCUT2D eigenvalue weighted by Gasteiger charge is 2.43. The van der Waals surface area contributed by atoms with Crippen LogP contribution in [0.1, 0.15) is 36.6 Å². The molecule has 2 amide bonds. The molecule has 33 heavy (non-hydrogen) atoms. The summed E-state index contributed by atoms with van der Waals surface area (Å²) in [6, 6.07) is 20.6. The highest BCUT2D eigenvalue weighted by molar-refractivity contribution is 6.22. The molecule has 0 N–H and O–H groups in total. The monoisotopic (exact) mass is 443 g/mol. The largest absolute Gasteiger partial charge is 0.497 e. The van der Waals surface area contributed by atoms with E-state index in [4.69, 9.17) is 9.47 Å². The Labute approximate surface area is 190 Å². The van der Waals surface area contributed by atoms with Gasteiger partial charge < -0.3 is 9.47 Å². The lowest BCUT2D eigenvalue weighted by molar-refractivity contribution is -0.147. The molecule has 166 valence electrons. The van der Waals surface area contributed by atoms with E-state index >= 15 is 0 Å². The second-order valence-corrected chi connectivity index (χ2v) is 7.49. The van der Waals surface area contributed by atoms with Crippen molar-refractivity contribution in [2.45, 2.75) is 12.5 Å². The minimum absolute atomic E-state index is 0.0713. The number of ether oxygens (including phenoxy) is 2. The van der Waals surface area contributed by atoms with E-state index in [1.807, 2.05) is 6.07 Å². The summed E-state index contributed by atoms with van der Waals surface area (Å²) in [5.74, 6) is -1.76. The van der Waals surface area contributed by atoms with Gasteiger partial charge in [0.15, 0.2) is 12.4 Å². The van der Waals surface area contributed by atoms with Crippen molar-refractivity contribution in [2.75, 3.05) is 13.7 Å². The first-order valence-electron chi connectivity index (χ1n) is 10.3. The van der Waals surface area contributed by atoms with Crippen molar-refractivity contribution in [1.82, 2.24) is 4.90 Å². The van der Waals surface area contributed by atoms with Gasteiger partial charge in [-0.05, 0) is 42.0 Å². The molecule has 1 aliphatic rings. The van der Waals surface area contributed by atoms with E-state index in [0.717, 1.165) is 10.5 Å². The Kier molecular flexibility index (Phi) is 6.31. The normalized spacial score (nSPS) is 13.4. The number of imide groups is 1. The number of hydrogen-bond donors (Lipinski definition) is 0. The minimum Gasteiger partial charge on any atom is -0.497 e. The van der Waals surface area contributed by atoms with E-state index < -0.39 is 36.2 Å². The number of rotatable bonds is 8. The summed E-state index contributed by atoms with van der Waals surface area (Å²) in [6.45, 7) is -0.514. The summed E-state index contributed by atoms with van der Waals surface area (Å²) in [7, 11) is 1.52. The Morgan fingerprint density at radius 3 is 1.97 bits per heavy atom. The molecule has 0 radical (unpaired) electrons. The van der Waals surface area contributed by atoms with Gasteiger partial charge in [-0.25, -0.2) is 4.79 Å². The van der Waals surface area contributed by atoms with Crippen molar-refractivity contribution in [1.29, 1.82) is 0 Å². The fourth-order valence-electron chi connectivity index (χ4n) is 3.70. The molecule has 7 nitrogen and oxygen atoms in total. The second kappa shape index (κ2) is 9.48. The second-order valence-electron chi connectivity index (χ2n) is 7.49. The van der Waals surface area contributed by atoms with Crippen molar-refractivity contribution in [3.8, 4) is 5.75 Å². The molecule has 3 aromatic carbocycles. The topological polar surface area (TPSA) is 90.0 Å². The molecule has 0 bridgehead atoms. The van der Waals surface area contributed by atoms with Gasteiger partial charge in [0, 0.05) is 12.0 Å². The lowest BCUT2D eigenvalue weighted by Crippen LogP contribution is -2.47. The maximum Gasteiger partial charge on any atom is 0.330 e. The van der Waals surface area contributed by atoms with Crippen LogP contribution >= 0.6 is 0 Å². The first-order chi connectivity index (χ1) is 16.0. The van der Waals surface area contributed by atoms with Gasteiger partial charge in [-0.2, -0.15) is 0 Å². The van der Waals surface area contributed by atoms with Crippen LogP contribution < -0.4 is 4.74 Å². The summed E-state index contributed by atoms with van der Waals surface area (Å²) in [5, 5.41) is 0. The molecule has 4 rings (SSSR count). The summed E-state index contributed by atoms with van der Waals surface area (Å²) in [4.78, 5) is 52.5. The van der Waals surface area contributed by atoms with Gasteiger partial charge in [0.1, 0.15) is 11.8 Å². The molecular weight excluding hydrogens is 422 g/mol. The van der Waals surface area contributed by atoms with Crippen LogP contribution in [0.2, 0.25) is 0 Å². The van der Waals surface area contributed by atoms with Crippen molar-refractivity contribution in [3.63, 3.8) is 0 Å². The lowest BCUT2D eigenvalue weighted by Gasteiger charge is -2.24. The Balaban J connectivity index is 1.54. The summed E-state index contributed by atoms with van der Waals surface area (Å²) in [6.07, 6.45) is 0.0713. The zero-order valence-corrected chi connectivity index (χ0v) is 17.9. The SMILES string of the molecule is COc1ccc(C(=O)COC(=O)C(Cc2ccccc2)N2C(=O)c3ccccc3C2=O)cc1. The number of nitrogens with zero attached hydrogens (tertiary/aromatic N) is 1. The molecule has 1 heterocycles. The summed E-state index contributed by atoms with van der Waals surface area (Å²) in [5.41, 5.74) is 1.58. The van der Waals surface area contributed by atoms with Crippen LogP contribution in [0.3, 0.4) is 0 Å². The highest BCUT2D eigenvalue weighted by atomic mass is 16.5. The Hall–Kier alpha value is -4.26. The zero-order chi connectivity index (χ0) is 23.4. The number of hydrogen-bond acceptors (Lipinski definition) is 6. The van der Waals surface area contributed by atoms with E-state index in [1.54, 1.807) is 72.8 Å². The Morgan fingerprint density at radius 2 is 1.39 bits per heavy atom. The van der Waals surface area contributed by atoms with Gasteiger partial charge in [-0.1, -0.05) is 42.5 Å². The van der Waals surface area contributed by atoms with Crippen LogP contribution in [0, 0.1) is 0 Å². The van der Waals surface area contributed by atoms with Crippen LogP contribution in [0.15, 0.2) is 78.9 Å². The predicted molar refractivity (Wildman–Crippen MR) is 119 cm³/mol. The van der Waals surface area contributed by atoms with E-state index in [0.29, 0.717) is 11.3 Å². The molecule has 1 aliphatic heterocycles. The summed E-state index contributed by atoms with van der Waals surface area (Å²) < 4.78 is 10.4. The van der Waals surface area contributed by atoms with Crippen LogP contribution in [0.5, 0.6) is 5.75 Å². The maximum absolute atomic E-state index is 13.1. The molecule has 0 fully saturated rings. The van der Waals surface area contributed by atoms with E-state index in [-0.39, 0.29) is 17.5 Å². The summed E-state index contributed by atoms with van der Waals surface area (Å²) >= 11 is 0. The number of methoxy groups -OCH3 is 1. The highest BCUT2D eigenvalue weighted by Crippen LogP contribution is 2.26.